The first-order valence-corrected chi connectivity index (χ1v) is 8.42. The minimum absolute atomic E-state index is 0.155. The molecule has 0 unspecified atom stereocenters. The van der Waals surface area contributed by atoms with Crippen LogP contribution in [0.25, 0.3) is 27.8 Å². The van der Waals surface area contributed by atoms with Crippen molar-refractivity contribution in [1.29, 1.82) is 0 Å². The van der Waals surface area contributed by atoms with Gasteiger partial charge >= 0.3 is 5.69 Å². The summed E-state index contributed by atoms with van der Waals surface area (Å²) in [5.41, 5.74) is 2.03. The van der Waals surface area contributed by atoms with Gasteiger partial charge < -0.3 is 15.2 Å². The Kier molecular flexibility index (Phi) is 3.90. The summed E-state index contributed by atoms with van der Waals surface area (Å²) in [4.78, 5) is 15.2. The van der Waals surface area contributed by atoms with Crippen molar-refractivity contribution in [2.45, 2.75) is 0 Å². The molecule has 0 atom stereocenters. The van der Waals surface area contributed by atoms with E-state index in [0.717, 1.165) is 0 Å². The fraction of sp³-hybridized carbons (Fsp3) is 0. The van der Waals surface area contributed by atoms with Gasteiger partial charge in [-0.05, 0) is 42.0 Å². The number of aromatic hydroxyl groups is 2. The molecule has 26 heavy (non-hydrogen) atoms. The van der Waals surface area contributed by atoms with E-state index in [2.05, 4.69) is 4.98 Å². The van der Waals surface area contributed by atoms with E-state index in [-0.39, 0.29) is 17.2 Å². The predicted octanol–water partition coefficient (Wildman–Crippen LogP) is 4.70. The fourth-order valence-electron chi connectivity index (χ4n) is 2.98. The number of phenols is 2. The Labute approximate surface area is 157 Å². The number of halogens is 2. The molecule has 0 fully saturated rings. The molecule has 0 saturated heterocycles. The second-order valence-corrected chi connectivity index (χ2v) is 6.67. The third-order valence-electron chi connectivity index (χ3n) is 4.10. The first-order chi connectivity index (χ1) is 12.4. The predicted molar refractivity (Wildman–Crippen MR) is 103 cm³/mol. The number of nitrogens with zero attached hydrogens (tertiary/aromatic N) is 1. The molecular formula is C19H12Cl2N2O3. The van der Waals surface area contributed by atoms with Crippen molar-refractivity contribution in [3.8, 4) is 28.3 Å². The van der Waals surface area contributed by atoms with Gasteiger partial charge in [0.2, 0.25) is 0 Å². The summed E-state index contributed by atoms with van der Waals surface area (Å²) in [6.45, 7) is 0. The maximum Gasteiger partial charge on any atom is 0.331 e. The summed E-state index contributed by atoms with van der Waals surface area (Å²) in [5.74, 6) is -0.385. The topological polar surface area (TPSA) is 78.2 Å². The molecule has 3 N–H and O–H groups in total. The van der Waals surface area contributed by atoms with Crippen LogP contribution in [0.1, 0.15) is 0 Å². The molecule has 0 aliphatic heterocycles. The lowest BCUT2D eigenvalue weighted by molar-refractivity contribution is 0.450. The molecule has 1 heterocycles. The number of aromatic nitrogens is 2. The number of phenolic OH excluding ortho intramolecular Hbond substituents is 2. The highest BCUT2D eigenvalue weighted by Crippen LogP contribution is 2.38. The largest absolute Gasteiger partial charge is 0.507 e. The van der Waals surface area contributed by atoms with Crippen molar-refractivity contribution < 1.29 is 10.2 Å². The van der Waals surface area contributed by atoms with Gasteiger partial charge in [-0.3, -0.25) is 4.57 Å². The van der Waals surface area contributed by atoms with Crippen molar-refractivity contribution in [2.24, 2.45) is 0 Å². The molecule has 0 aliphatic carbocycles. The molecule has 0 spiro atoms. The van der Waals surface area contributed by atoms with Gasteiger partial charge in [-0.15, -0.1) is 0 Å². The Morgan fingerprint density at radius 1 is 0.885 bits per heavy atom. The van der Waals surface area contributed by atoms with Crippen LogP contribution in [0.3, 0.4) is 0 Å². The lowest BCUT2D eigenvalue weighted by Crippen LogP contribution is -2.14. The first-order valence-electron chi connectivity index (χ1n) is 7.66. The lowest BCUT2D eigenvalue weighted by Gasteiger charge is -2.12. The Hall–Kier alpha value is -2.89. The third kappa shape index (κ3) is 2.71. The molecule has 3 aromatic carbocycles. The molecular weight excluding hydrogens is 375 g/mol. The second kappa shape index (κ2) is 6.12. The number of imidazole rings is 1. The van der Waals surface area contributed by atoms with Crippen LogP contribution >= 0.6 is 23.2 Å². The van der Waals surface area contributed by atoms with Crippen LogP contribution in [0.15, 0.2) is 59.4 Å². The van der Waals surface area contributed by atoms with Crippen LogP contribution in [-0.2, 0) is 0 Å². The average Bonchev–Trinajstić information content (AvgIpc) is 2.90. The highest BCUT2D eigenvalue weighted by molar-refractivity contribution is 6.35. The number of hydrogen-bond donors (Lipinski definition) is 3. The van der Waals surface area contributed by atoms with E-state index in [4.69, 9.17) is 23.2 Å². The second-order valence-electron chi connectivity index (χ2n) is 5.80. The summed E-state index contributed by atoms with van der Waals surface area (Å²) < 4.78 is 1.35. The van der Waals surface area contributed by atoms with Crippen LogP contribution in [0.5, 0.6) is 11.5 Å². The van der Waals surface area contributed by atoms with Crippen LogP contribution < -0.4 is 5.69 Å². The molecule has 4 aromatic rings. The Bertz CT molecular complexity index is 1190. The maximum absolute atomic E-state index is 12.4. The maximum atomic E-state index is 12.4. The molecule has 130 valence electrons. The van der Waals surface area contributed by atoms with Crippen molar-refractivity contribution in [1.82, 2.24) is 9.55 Å². The summed E-state index contributed by atoms with van der Waals surface area (Å²) in [5, 5.41) is 21.4. The van der Waals surface area contributed by atoms with Gasteiger partial charge in [0.05, 0.1) is 16.7 Å². The van der Waals surface area contributed by atoms with E-state index < -0.39 is 5.69 Å². The average molecular weight is 387 g/mol. The van der Waals surface area contributed by atoms with Crippen molar-refractivity contribution in [3.05, 3.63) is 75.1 Å². The van der Waals surface area contributed by atoms with Crippen molar-refractivity contribution >= 4 is 34.2 Å². The van der Waals surface area contributed by atoms with Gasteiger partial charge in [-0.25, -0.2) is 4.79 Å². The molecule has 7 heteroatoms. The number of fused-ring (bicyclic) bond motifs is 1. The van der Waals surface area contributed by atoms with Crippen LogP contribution in [0, 0.1) is 0 Å². The zero-order valence-electron chi connectivity index (χ0n) is 13.2. The van der Waals surface area contributed by atoms with Crippen LogP contribution in [0.4, 0.5) is 0 Å². The Balaban J connectivity index is 2.01. The van der Waals surface area contributed by atoms with Gasteiger partial charge in [0, 0.05) is 21.7 Å². The highest BCUT2D eigenvalue weighted by Gasteiger charge is 2.16. The number of nitrogens with one attached hydrogen (secondary N) is 1. The van der Waals surface area contributed by atoms with E-state index in [0.29, 0.717) is 32.2 Å². The lowest BCUT2D eigenvalue weighted by atomic mass is 10.0. The summed E-state index contributed by atoms with van der Waals surface area (Å²) >= 11 is 12.1. The molecule has 1 aromatic heterocycles. The number of para-hydroxylation sites is 2. The van der Waals surface area contributed by atoms with Gasteiger partial charge in [0.1, 0.15) is 11.5 Å². The number of aromatic amines is 1. The van der Waals surface area contributed by atoms with Crippen molar-refractivity contribution in [3.63, 3.8) is 0 Å². The summed E-state index contributed by atoms with van der Waals surface area (Å²) in [6.07, 6.45) is 0. The fourth-order valence-corrected chi connectivity index (χ4v) is 3.51. The third-order valence-corrected chi connectivity index (χ3v) is 4.53. The van der Waals surface area contributed by atoms with E-state index >= 15 is 0 Å². The van der Waals surface area contributed by atoms with E-state index in [1.165, 1.54) is 16.7 Å². The van der Waals surface area contributed by atoms with Gasteiger partial charge in [0.15, 0.2) is 0 Å². The van der Waals surface area contributed by atoms with E-state index in [1.54, 1.807) is 42.5 Å². The number of rotatable bonds is 2. The minimum atomic E-state index is -0.401. The van der Waals surface area contributed by atoms with Gasteiger partial charge in [0.25, 0.3) is 0 Å². The van der Waals surface area contributed by atoms with E-state index in [1.807, 2.05) is 0 Å². The quantitative estimate of drug-likeness (QED) is 0.466. The molecule has 0 aliphatic rings. The molecule has 5 nitrogen and oxygen atoms in total. The van der Waals surface area contributed by atoms with Crippen LogP contribution in [-0.4, -0.2) is 19.8 Å². The molecule has 0 bridgehead atoms. The Morgan fingerprint density at radius 3 is 2.31 bits per heavy atom. The van der Waals surface area contributed by atoms with Crippen LogP contribution in [0.2, 0.25) is 10.0 Å². The van der Waals surface area contributed by atoms with E-state index in [9.17, 15) is 15.0 Å². The summed E-state index contributed by atoms with van der Waals surface area (Å²) in [7, 11) is 0. The summed E-state index contributed by atoms with van der Waals surface area (Å²) in [6, 6.07) is 14.7. The number of H-pyrrole nitrogens is 1. The molecule has 0 amide bonds. The Morgan fingerprint density at radius 2 is 1.58 bits per heavy atom. The number of benzene rings is 3. The smallest absolute Gasteiger partial charge is 0.331 e. The zero-order valence-corrected chi connectivity index (χ0v) is 14.7. The monoisotopic (exact) mass is 386 g/mol. The minimum Gasteiger partial charge on any atom is -0.507 e. The SMILES string of the molecule is O=c1[nH]c2ccccc2n1-c1cc(-c2cc(Cl)cc(Cl)c2)c(O)cc1O. The van der Waals surface area contributed by atoms with Crippen molar-refractivity contribution in [2.75, 3.05) is 0 Å². The first kappa shape index (κ1) is 16.6. The molecule has 4 rings (SSSR count). The zero-order chi connectivity index (χ0) is 18.4. The van der Waals surface area contributed by atoms with Gasteiger partial charge in [-0.2, -0.15) is 0 Å². The number of hydrogen-bond acceptors (Lipinski definition) is 3. The normalized spacial score (nSPS) is 11.2. The highest BCUT2D eigenvalue weighted by atomic mass is 35.5. The standard InChI is InChI=1S/C19H12Cl2N2O3/c20-11-5-10(6-12(21)7-11)13-8-16(18(25)9-17(13)24)23-15-4-2-1-3-14(15)22-19(23)26/h1-9,24-25H,(H,22,26). The molecule has 0 saturated carbocycles. The van der Waals surface area contributed by atoms with Gasteiger partial charge in [-0.1, -0.05) is 35.3 Å². The molecule has 0 radical (unpaired) electrons.